The van der Waals surface area contributed by atoms with E-state index in [1.165, 1.54) is 12.1 Å². The monoisotopic (exact) mass is 361 g/mol. The summed E-state index contributed by atoms with van der Waals surface area (Å²) in [6.07, 6.45) is -4.55. The molecule has 2 aromatic rings. The quantitative estimate of drug-likeness (QED) is 0.787. The molecule has 8 heteroatoms. The molecule has 0 spiro atoms. The Kier molecular flexibility index (Phi) is 3.45. The van der Waals surface area contributed by atoms with E-state index in [1.54, 1.807) is 0 Å². The van der Waals surface area contributed by atoms with Gasteiger partial charge in [0.1, 0.15) is 5.82 Å². The molecular formula is C13H8BrF4N3. The van der Waals surface area contributed by atoms with Gasteiger partial charge >= 0.3 is 6.18 Å². The number of alkyl halides is 3. The fourth-order valence-corrected chi connectivity index (χ4v) is 2.55. The predicted octanol–water partition coefficient (Wildman–Crippen LogP) is 3.67. The molecule has 3 nitrogen and oxygen atoms in total. The zero-order valence-corrected chi connectivity index (χ0v) is 12.0. The van der Waals surface area contributed by atoms with Gasteiger partial charge < -0.3 is 5.32 Å². The molecule has 1 aliphatic heterocycles. The van der Waals surface area contributed by atoms with E-state index in [2.05, 4.69) is 31.2 Å². The third-order valence-electron chi connectivity index (χ3n) is 3.13. The van der Waals surface area contributed by atoms with E-state index in [1.807, 2.05) is 0 Å². The van der Waals surface area contributed by atoms with Crippen LogP contribution in [0.2, 0.25) is 0 Å². The first-order valence-electron chi connectivity index (χ1n) is 5.99. The lowest BCUT2D eigenvalue weighted by atomic mass is 10.1. The van der Waals surface area contributed by atoms with E-state index >= 15 is 0 Å². The normalized spacial score (nSPS) is 14.3. The minimum Gasteiger partial charge on any atom is -0.307 e. The molecule has 1 N–H and O–H groups in total. The largest absolute Gasteiger partial charge is 0.433 e. The molecule has 1 aromatic carbocycles. The van der Waals surface area contributed by atoms with Crippen LogP contribution in [0.25, 0.3) is 11.4 Å². The standard InChI is InChI=1S/C13H8BrF4N3/c14-8-3-6(1-2-9(8)15)12-20-10-5-19-4-7(10)11(21-12)13(16,17)18/h1-3,19H,4-5H2. The summed E-state index contributed by atoms with van der Waals surface area (Å²) in [6, 6.07) is 3.87. The lowest BCUT2D eigenvalue weighted by Crippen LogP contribution is -2.14. The molecule has 0 saturated heterocycles. The molecule has 0 aliphatic carbocycles. The van der Waals surface area contributed by atoms with Crippen molar-refractivity contribution in [1.82, 2.24) is 15.3 Å². The van der Waals surface area contributed by atoms with Crippen LogP contribution in [0.15, 0.2) is 22.7 Å². The Morgan fingerprint density at radius 1 is 1.14 bits per heavy atom. The summed E-state index contributed by atoms with van der Waals surface area (Å²) < 4.78 is 52.7. The Morgan fingerprint density at radius 3 is 2.57 bits per heavy atom. The SMILES string of the molecule is Fc1ccc(-c2nc3c(c(C(F)(F)F)n2)CNC3)cc1Br. The first-order chi connectivity index (χ1) is 9.86. The number of nitrogens with zero attached hydrogens (tertiary/aromatic N) is 2. The lowest BCUT2D eigenvalue weighted by molar-refractivity contribution is -0.141. The first kappa shape index (κ1) is 14.4. The van der Waals surface area contributed by atoms with Gasteiger partial charge in [-0.1, -0.05) is 0 Å². The second-order valence-electron chi connectivity index (χ2n) is 4.55. The third kappa shape index (κ3) is 2.65. The zero-order chi connectivity index (χ0) is 15.2. The summed E-state index contributed by atoms with van der Waals surface area (Å²) in [7, 11) is 0. The first-order valence-corrected chi connectivity index (χ1v) is 6.78. The van der Waals surface area contributed by atoms with Crippen molar-refractivity contribution < 1.29 is 17.6 Å². The smallest absolute Gasteiger partial charge is 0.307 e. The molecule has 0 saturated carbocycles. The number of rotatable bonds is 1. The van der Waals surface area contributed by atoms with Gasteiger partial charge in [0.2, 0.25) is 0 Å². The Bertz CT molecular complexity index is 715. The van der Waals surface area contributed by atoms with Crippen LogP contribution >= 0.6 is 15.9 Å². The van der Waals surface area contributed by atoms with Gasteiger partial charge in [0.25, 0.3) is 0 Å². The van der Waals surface area contributed by atoms with Crippen LogP contribution in [0.4, 0.5) is 17.6 Å². The van der Waals surface area contributed by atoms with Crippen molar-refractivity contribution >= 4 is 15.9 Å². The van der Waals surface area contributed by atoms with Gasteiger partial charge in [-0.15, -0.1) is 0 Å². The fourth-order valence-electron chi connectivity index (χ4n) is 2.17. The highest BCUT2D eigenvalue weighted by atomic mass is 79.9. The van der Waals surface area contributed by atoms with Crippen molar-refractivity contribution in [2.45, 2.75) is 19.3 Å². The number of fused-ring (bicyclic) bond motifs is 1. The van der Waals surface area contributed by atoms with Crippen molar-refractivity contribution in [3.05, 3.63) is 45.4 Å². The molecule has 0 unspecified atom stereocenters. The van der Waals surface area contributed by atoms with Gasteiger partial charge in [0, 0.05) is 24.2 Å². The number of aromatic nitrogens is 2. The molecule has 2 heterocycles. The number of hydrogen-bond acceptors (Lipinski definition) is 3. The van der Waals surface area contributed by atoms with Crippen LogP contribution < -0.4 is 5.32 Å². The van der Waals surface area contributed by atoms with Crippen LogP contribution in [0.1, 0.15) is 17.0 Å². The molecule has 110 valence electrons. The number of nitrogens with one attached hydrogen (secondary N) is 1. The van der Waals surface area contributed by atoms with Crippen LogP contribution in [0.5, 0.6) is 0 Å². The molecular weight excluding hydrogens is 354 g/mol. The fraction of sp³-hybridized carbons (Fsp3) is 0.231. The van der Waals surface area contributed by atoms with Gasteiger partial charge in [0.15, 0.2) is 11.5 Å². The molecule has 0 radical (unpaired) electrons. The Morgan fingerprint density at radius 2 is 1.90 bits per heavy atom. The van der Waals surface area contributed by atoms with Crippen molar-refractivity contribution in [2.75, 3.05) is 0 Å². The second-order valence-corrected chi connectivity index (χ2v) is 5.41. The molecule has 1 aromatic heterocycles. The van der Waals surface area contributed by atoms with Crippen LogP contribution in [-0.2, 0) is 19.3 Å². The highest BCUT2D eigenvalue weighted by Crippen LogP contribution is 2.35. The third-order valence-corrected chi connectivity index (χ3v) is 3.74. The summed E-state index contributed by atoms with van der Waals surface area (Å²) in [5.74, 6) is -0.567. The molecule has 21 heavy (non-hydrogen) atoms. The van der Waals surface area contributed by atoms with Crippen molar-refractivity contribution in [1.29, 1.82) is 0 Å². The van der Waals surface area contributed by atoms with Gasteiger partial charge in [-0.05, 0) is 34.1 Å². The summed E-state index contributed by atoms with van der Waals surface area (Å²) in [4.78, 5) is 7.79. The van der Waals surface area contributed by atoms with Gasteiger partial charge in [0.05, 0.1) is 10.2 Å². The van der Waals surface area contributed by atoms with Gasteiger partial charge in [-0.25, -0.2) is 14.4 Å². The molecule has 3 rings (SSSR count). The van der Waals surface area contributed by atoms with Crippen LogP contribution in [0, 0.1) is 5.82 Å². The van der Waals surface area contributed by atoms with E-state index in [0.29, 0.717) is 11.3 Å². The zero-order valence-electron chi connectivity index (χ0n) is 10.4. The van der Waals surface area contributed by atoms with Crippen molar-refractivity contribution in [2.24, 2.45) is 0 Å². The topological polar surface area (TPSA) is 37.8 Å². The van der Waals surface area contributed by atoms with Crippen LogP contribution in [-0.4, -0.2) is 9.97 Å². The minimum absolute atomic E-state index is 0.0644. The highest BCUT2D eigenvalue weighted by molar-refractivity contribution is 9.10. The molecule has 0 amide bonds. The molecule has 0 atom stereocenters. The number of benzene rings is 1. The Hall–Kier alpha value is -1.54. The average molecular weight is 362 g/mol. The summed E-state index contributed by atoms with van der Waals surface area (Å²) in [6.45, 7) is 0.355. The maximum absolute atomic E-state index is 13.2. The Balaban J connectivity index is 2.18. The second kappa shape index (κ2) is 5.03. The van der Waals surface area contributed by atoms with E-state index < -0.39 is 17.7 Å². The Labute approximate surface area is 125 Å². The van der Waals surface area contributed by atoms with E-state index in [-0.39, 0.29) is 29.0 Å². The average Bonchev–Trinajstić information content (AvgIpc) is 2.87. The highest BCUT2D eigenvalue weighted by Gasteiger charge is 2.38. The molecule has 1 aliphatic rings. The summed E-state index contributed by atoms with van der Waals surface area (Å²) in [5, 5.41) is 2.83. The van der Waals surface area contributed by atoms with E-state index in [4.69, 9.17) is 0 Å². The molecule has 0 bridgehead atoms. The predicted molar refractivity (Wildman–Crippen MR) is 70.7 cm³/mol. The van der Waals surface area contributed by atoms with E-state index in [9.17, 15) is 17.6 Å². The summed E-state index contributed by atoms with van der Waals surface area (Å²) >= 11 is 3.00. The molecule has 0 fully saturated rings. The van der Waals surface area contributed by atoms with E-state index in [0.717, 1.165) is 6.07 Å². The number of halogens is 5. The minimum atomic E-state index is -4.55. The number of hydrogen-bond donors (Lipinski definition) is 1. The maximum atomic E-state index is 13.2. The lowest BCUT2D eigenvalue weighted by Gasteiger charge is -2.12. The van der Waals surface area contributed by atoms with Crippen molar-refractivity contribution in [3.8, 4) is 11.4 Å². The van der Waals surface area contributed by atoms with Crippen molar-refractivity contribution in [3.63, 3.8) is 0 Å². The maximum Gasteiger partial charge on any atom is 0.433 e. The van der Waals surface area contributed by atoms with Gasteiger partial charge in [-0.2, -0.15) is 13.2 Å². The summed E-state index contributed by atoms with van der Waals surface area (Å²) in [5.41, 5.74) is -0.211. The van der Waals surface area contributed by atoms with Gasteiger partial charge in [-0.3, -0.25) is 0 Å². The van der Waals surface area contributed by atoms with Crippen LogP contribution in [0.3, 0.4) is 0 Å².